The van der Waals surface area contributed by atoms with Gasteiger partial charge in [-0.05, 0) is 18.9 Å². The van der Waals surface area contributed by atoms with E-state index in [-0.39, 0.29) is 23.2 Å². The summed E-state index contributed by atoms with van der Waals surface area (Å²) in [4.78, 5) is 22.0. The molecule has 0 atom stereocenters. The van der Waals surface area contributed by atoms with Gasteiger partial charge in [0.05, 0.1) is 10.6 Å². The topological polar surface area (TPSA) is 72.2 Å². The van der Waals surface area contributed by atoms with Crippen LogP contribution in [0, 0.1) is 21.8 Å². The van der Waals surface area contributed by atoms with Gasteiger partial charge < -0.3 is 5.32 Å². The van der Waals surface area contributed by atoms with Crippen molar-refractivity contribution in [1.82, 2.24) is 0 Å². The largest absolute Gasteiger partial charge is 0.323 e. The van der Waals surface area contributed by atoms with E-state index in [2.05, 4.69) is 5.32 Å². The molecule has 0 aromatic heterocycles. The van der Waals surface area contributed by atoms with Crippen LogP contribution in [0.4, 0.5) is 15.8 Å². The van der Waals surface area contributed by atoms with Crippen LogP contribution in [-0.2, 0) is 4.79 Å². The number of nitrogens with one attached hydrogen (secondary N) is 1. The molecule has 1 aromatic carbocycles. The molecule has 6 heteroatoms. The Kier molecular flexibility index (Phi) is 4.09. The summed E-state index contributed by atoms with van der Waals surface area (Å²) >= 11 is 0. The summed E-state index contributed by atoms with van der Waals surface area (Å²) in [5.41, 5.74) is -0.356. The summed E-state index contributed by atoms with van der Waals surface area (Å²) < 4.78 is 13.5. The maximum Gasteiger partial charge on any atom is 0.271 e. The third-order valence-electron chi connectivity index (χ3n) is 3.39. The summed E-state index contributed by atoms with van der Waals surface area (Å²) in [6, 6.07) is 3.12. The summed E-state index contributed by atoms with van der Waals surface area (Å²) in [5, 5.41) is 13.1. The van der Waals surface area contributed by atoms with E-state index in [1.54, 1.807) is 0 Å². The molecule has 1 fully saturated rings. The summed E-state index contributed by atoms with van der Waals surface area (Å²) in [7, 11) is 0. The molecule has 0 spiro atoms. The summed E-state index contributed by atoms with van der Waals surface area (Å²) in [6.07, 6.45) is 4.70. The maximum atomic E-state index is 13.5. The highest BCUT2D eigenvalue weighted by molar-refractivity contribution is 5.93. The van der Waals surface area contributed by atoms with Crippen LogP contribution < -0.4 is 5.32 Å². The third kappa shape index (κ3) is 3.27. The fourth-order valence-corrected chi connectivity index (χ4v) is 2.32. The standard InChI is InChI=1S/C13H15FN2O3/c14-11-7-6-10(16(18)19)8-12(11)15-13(17)9-4-2-1-3-5-9/h6-9H,1-5H2,(H,15,17). The molecule has 2 rings (SSSR count). The number of amides is 1. The maximum absolute atomic E-state index is 13.5. The molecule has 1 N–H and O–H groups in total. The molecule has 0 saturated heterocycles. The Labute approximate surface area is 110 Å². The normalized spacial score (nSPS) is 16.1. The minimum absolute atomic E-state index is 0.118. The minimum Gasteiger partial charge on any atom is -0.323 e. The van der Waals surface area contributed by atoms with Gasteiger partial charge >= 0.3 is 0 Å². The predicted octanol–water partition coefficient (Wildman–Crippen LogP) is 3.25. The van der Waals surface area contributed by atoms with Gasteiger partial charge in [-0.3, -0.25) is 14.9 Å². The molecule has 102 valence electrons. The van der Waals surface area contributed by atoms with E-state index < -0.39 is 10.7 Å². The molecular formula is C13H15FN2O3. The number of hydrogen-bond acceptors (Lipinski definition) is 3. The van der Waals surface area contributed by atoms with E-state index >= 15 is 0 Å². The fourth-order valence-electron chi connectivity index (χ4n) is 2.32. The Morgan fingerprint density at radius 2 is 2.00 bits per heavy atom. The van der Waals surface area contributed by atoms with Gasteiger partial charge in [-0.25, -0.2) is 4.39 Å². The predicted molar refractivity (Wildman–Crippen MR) is 68.3 cm³/mol. The first kappa shape index (κ1) is 13.5. The number of nitrogens with zero attached hydrogens (tertiary/aromatic N) is 1. The van der Waals surface area contributed by atoms with E-state index in [4.69, 9.17) is 0 Å². The number of halogens is 1. The number of carbonyl (C=O) groups excluding carboxylic acids is 1. The summed E-state index contributed by atoms with van der Waals surface area (Å²) in [6.45, 7) is 0. The Hall–Kier alpha value is -1.98. The first-order chi connectivity index (χ1) is 9.08. The second-order valence-electron chi connectivity index (χ2n) is 4.75. The Bertz CT molecular complexity index is 499. The van der Waals surface area contributed by atoms with Crippen LogP contribution in [0.2, 0.25) is 0 Å². The molecule has 1 aromatic rings. The minimum atomic E-state index is -0.658. The van der Waals surface area contributed by atoms with Crippen LogP contribution in [0.5, 0.6) is 0 Å². The number of carbonyl (C=O) groups is 1. The highest BCUT2D eigenvalue weighted by Gasteiger charge is 2.22. The molecule has 0 unspecified atom stereocenters. The molecule has 1 aliphatic carbocycles. The average molecular weight is 266 g/mol. The number of nitro groups is 1. The van der Waals surface area contributed by atoms with Gasteiger partial charge in [0.15, 0.2) is 0 Å². The monoisotopic (exact) mass is 266 g/mol. The van der Waals surface area contributed by atoms with Gasteiger partial charge in [0, 0.05) is 18.1 Å². The smallest absolute Gasteiger partial charge is 0.271 e. The quantitative estimate of drug-likeness (QED) is 0.674. The lowest BCUT2D eigenvalue weighted by molar-refractivity contribution is -0.384. The van der Waals surface area contributed by atoms with Crippen molar-refractivity contribution in [2.75, 3.05) is 5.32 Å². The third-order valence-corrected chi connectivity index (χ3v) is 3.39. The van der Waals surface area contributed by atoms with E-state index in [1.807, 2.05) is 0 Å². The van der Waals surface area contributed by atoms with Crippen molar-refractivity contribution < 1.29 is 14.1 Å². The molecule has 19 heavy (non-hydrogen) atoms. The lowest BCUT2D eigenvalue weighted by Gasteiger charge is -2.20. The zero-order valence-corrected chi connectivity index (χ0v) is 10.4. The second-order valence-corrected chi connectivity index (χ2v) is 4.75. The van der Waals surface area contributed by atoms with Crippen LogP contribution in [0.1, 0.15) is 32.1 Å². The Morgan fingerprint density at radius 1 is 1.32 bits per heavy atom. The van der Waals surface area contributed by atoms with Gasteiger partial charge in [0.25, 0.3) is 5.69 Å². The van der Waals surface area contributed by atoms with E-state index in [0.717, 1.165) is 50.3 Å². The highest BCUT2D eigenvalue weighted by Crippen LogP contribution is 2.26. The van der Waals surface area contributed by atoms with Crippen molar-refractivity contribution in [3.05, 3.63) is 34.1 Å². The summed E-state index contributed by atoms with van der Waals surface area (Å²) in [5.74, 6) is -1.03. The van der Waals surface area contributed by atoms with E-state index in [1.165, 1.54) is 0 Å². The van der Waals surface area contributed by atoms with Crippen molar-refractivity contribution >= 4 is 17.3 Å². The molecule has 1 aliphatic rings. The van der Waals surface area contributed by atoms with Crippen molar-refractivity contribution in [1.29, 1.82) is 0 Å². The van der Waals surface area contributed by atoms with Gasteiger partial charge in [-0.2, -0.15) is 0 Å². The van der Waals surface area contributed by atoms with Gasteiger partial charge in [-0.15, -0.1) is 0 Å². The molecule has 5 nitrogen and oxygen atoms in total. The number of benzene rings is 1. The SMILES string of the molecule is O=C(Nc1cc([N+](=O)[O-])ccc1F)C1CCCCC1. The first-order valence-electron chi connectivity index (χ1n) is 6.33. The molecule has 0 bridgehead atoms. The molecule has 1 amide bonds. The lowest BCUT2D eigenvalue weighted by atomic mass is 9.88. The van der Waals surface area contributed by atoms with Crippen molar-refractivity contribution in [3.8, 4) is 0 Å². The number of hydrogen-bond donors (Lipinski definition) is 1. The number of nitro benzene ring substituents is 1. The molecule has 0 radical (unpaired) electrons. The number of non-ortho nitro benzene ring substituents is 1. The van der Waals surface area contributed by atoms with Gasteiger partial charge in [0.1, 0.15) is 5.82 Å². The van der Waals surface area contributed by atoms with Crippen molar-refractivity contribution in [2.24, 2.45) is 5.92 Å². The van der Waals surface area contributed by atoms with Crippen LogP contribution in [0.3, 0.4) is 0 Å². The van der Waals surface area contributed by atoms with Crippen molar-refractivity contribution in [2.45, 2.75) is 32.1 Å². The lowest BCUT2D eigenvalue weighted by Crippen LogP contribution is -2.25. The average Bonchev–Trinajstić information content (AvgIpc) is 2.42. The van der Waals surface area contributed by atoms with Crippen LogP contribution in [0.25, 0.3) is 0 Å². The van der Waals surface area contributed by atoms with E-state index in [9.17, 15) is 19.3 Å². The van der Waals surface area contributed by atoms with E-state index in [0.29, 0.717) is 0 Å². The Balaban J connectivity index is 2.11. The number of anilines is 1. The molecule has 1 saturated carbocycles. The number of rotatable bonds is 3. The molecule has 0 aliphatic heterocycles. The van der Waals surface area contributed by atoms with Gasteiger partial charge in [0.2, 0.25) is 5.91 Å². The molecular weight excluding hydrogens is 251 g/mol. The second kappa shape index (κ2) is 5.77. The first-order valence-corrected chi connectivity index (χ1v) is 6.33. The fraction of sp³-hybridized carbons (Fsp3) is 0.462. The highest BCUT2D eigenvalue weighted by atomic mass is 19.1. The Morgan fingerprint density at radius 3 is 2.63 bits per heavy atom. The van der Waals surface area contributed by atoms with Crippen LogP contribution in [0.15, 0.2) is 18.2 Å². The van der Waals surface area contributed by atoms with Gasteiger partial charge in [-0.1, -0.05) is 19.3 Å². The van der Waals surface area contributed by atoms with Crippen LogP contribution in [-0.4, -0.2) is 10.8 Å². The molecule has 0 heterocycles. The van der Waals surface area contributed by atoms with Crippen LogP contribution >= 0.6 is 0 Å². The zero-order valence-electron chi connectivity index (χ0n) is 10.4. The zero-order chi connectivity index (χ0) is 13.8. The van der Waals surface area contributed by atoms with Crippen molar-refractivity contribution in [3.63, 3.8) is 0 Å².